The number of hydrogen-bond donors (Lipinski definition) is 3. The fraction of sp³-hybridized carbons (Fsp3) is 0.464. The van der Waals surface area contributed by atoms with E-state index in [9.17, 15) is 9.59 Å². The lowest BCUT2D eigenvalue weighted by molar-refractivity contribution is 0.0768. The molecule has 1 atom stereocenters. The quantitative estimate of drug-likeness (QED) is 0.323. The molecule has 39 heavy (non-hydrogen) atoms. The second kappa shape index (κ2) is 11.3. The molecule has 1 aliphatic heterocycles. The first kappa shape index (κ1) is 27.1. The smallest absolute Gasteiger partial charge is 0.322 e. The highest BCUT2D eigenvalue weighted by molar-refractivity contribution is 9.10. The zero-order valence-electron chi connectivity index (χ0n) is 22.4. The lowest BCUT2D eigenvalue weighted by atomic mass is 9.71. The Morgan fingerprint density at radius 2 is 1.77 bits per heavy atom. The van der Waals surface area contributed by atoms with Crippen molar-refractivity contribution < 1.29 is 14.3 Å². The van der Waals surface area contributed by atoms with Crippen molar-refractivity contribution in [2.45, 2.75) is 65.0 Å². The number of rotatable bonds is 5. The normalized spacial score (nSPS) is 20.9. The van der Waals surface area contributed by atoms with Gasteiger partial charge in [-0.1, -0.05) is 47.9 Å². The molecule has 2 aromatic carbocycles. The Hall–Kier alpha value is -3.47. The van der Waals surface area contributed by atoms with Crippen molar-refractivity contribution in [2.75, 3.05) is 17.2 Å². The second-order valence-corrected chi connectivity index (χ2v) is 12.2. The largest absolute Gasteiger partial charge is 0.493 e. The summed E-state index contributed by atoms with van der Waals surface area (Å²) in [5.41, 5.74) is 2.31. The molecule has 1 fully saturated rings. The fourth-order valence-electron chi connectivity index (χ4n) is 5.69. The van der Waals surface area contributed by atoms with E-state index in [1.54, 1.807) is 12.1 Å². The third-order valence-corrected chi connectivity index (χ3v) is 8.36. The number of nitrogens with one attached hydrogen (secondary N) is 3. The minimum Gasteiger partial charge on any atom is -0.493 e. The van der Waals surface area contributed by atoms with Gasteiger partial charge < -0.3 is 15.0 Å². The summed E-state index contributed by atoms with van der Waals surface area (Å²) < 4.78 is 6.95. The highest BCUT2D eigenvalue weighted by Gasteiger charge is 2.39. The van der Waals surface area contributed by atoms with Gasteiger partial charge in [0.05, 0.1) is 12.6 Å². The molecule has 1 saturated carbocycles. The zero-order chi connectivity index (χ0) is 27.6. The van der Waals surface area contributed by atoms with E-state index in [1.807, 2.05) is 35.2 Å². The monoisotopic (exact) mass is 595 g/mol. The maximum atomic E-state index is 13.9. The van der Waals surface area contributed by atoms with Crippen molar-refractivity contribution >= 4 is 39.5 Å². The fourth-order valence-corrected chi connectivity index (χ4v) is 5.96. The van der Waals surface area contributed by atoms with Crippen LogP contribution in [-0.2, 0) is 0 Å². The van der Waals surface area contributed by atoms with Gasteiger partial charge in [-0.3, -0.25) is 10.1 Å². The maximum absolute atomic E-state index is 13.9. The third-order valence-electron chi connectivity index (χ3n) is 7.83. The van der Waals surface area contributed by atoms with Crippen LogP contribution < -0.4 is 15.4 Å². The zero-order valence-corrected chi connectivity index (χ0v) is 24.0. The number of aromatic amines is 1. The van der Waals surface area contributed by atoms with E-state index in [2.05, 4.69) is 68.0 Å². The highest BCUT2D eigenvalue weighted by atomic mass is 79.9. The van der Waals surface area contributed by atoms with Gasteiger partial charge in [0.2, 0.25) is 0 Å². The molecule has 206 valence electrons. The van der Waals surface area contributed by atoms with Crippen molar-refractivity contribution in [2.24, 2.45) is 11.3 Å². The standard InChI is InChI=1S/C28H34BrN7O3/c1-28(2,3)18-5-11-21(12-6-18)36(27(38)30-20-9-7-19(29)8-10-20)23-14-15-39-24-16-17(4-13-22(23)24)25(37)31-26-32-34-35-33-26/h4,7-10,13,16,18,21,23H,5-6,11-12,14-15H2,1-3H3,(H,30,38)(H2,31,32,33,34,35,37). The van der Waals surface area contributed by atoms with Crippen LogP contribution in [0.5, 0.6) is 5.75 Å². The first-order chi connectivity index (χ1) is 18.7. The van der Waals surface area contributed by atoms with Crippen LogP contribution in [0.2, 0.25) is 0 Å². The third kappa shape index (κ3) is 6.24. The maximum Gasteiger partial charge on any atom is 0.322 e. The highest BCUT2D eigenvalue weighted by Crippen LogP contribution is 2.44. The molecule has 2 aliphatic rings. The second-order valence-electron chi connectivity index (χ2n) is 11.3. The van der Waals surface area contributed by atoms with Gasteiger partial charge in [0.1, 0.15) is 5.75 Å². The van der Waals surface area contributed by atoms with E-state index in [1.165, 1.54) is 0 Å². The molecule has 0 radical (unpaired) electrons. The van der Waals surface area contributed by atoms with Gasteiger partial charge in [-0.15, -0.1) is 5.10 Å². The molecule has 10 nitrogen and oxygen atoms in total. The number of nitrogens with zero attached hydrogens (tertiary/aromatic N) is 4. The first-order valence-electron chi connectivity index (χ1n) is 13.4. The number of benzene rings is 2. The number of urea groups is 1. The van der Waals surface area contributed by atoms with Crippen molar-refractivity contribution in [3.05, 3.63) is 58.1 Å². The predicted octanol–water partition coefficient (Wildman–Crippen LogP) is 6.18. The van der Waals surface area contributed by atoms with E-state index in [0.717, 1.165) is 41.4 Å². The van der Waals surface area contributed by atoms with Gasteiger partial charge in [0, 0.05) is 33.7 Å². The van der Waals surface area contributed by atoms with Gasteiger partial charge in [-0.05, 0) is 78.6 Å². The summed E-state index contributed by atoms with van der Waals surface area (Å²) in [7, 11) is 0. The molecule has 1 unspecified atom stereocenters. The number of amides is 3. The summed E-state index contributed by atoms with van der Waals surface area (Å²) in [6.07, 6.45) is 4.75. The number of anilines is 2. The van der Waals surface area contributed by atoms with Crippen molar-refractivity contribution in [1.29, 1.82) is 0 Å². The lowest BCUT2D eigenvalue weighted by Crippen LogP contribution is -2.48. The number of carbonyl (C=O) groups is 2. The Morgan fingerprint density at radius 3 is 2.44 bits per heavy atom. The lowest BCUT2D eigenvalue weighted by Gasteiger charge is -2.45. The van der Waals surface area contributed by atoms with Crippen molar-refractivity contribution in [3.63, 3.8) is 0 Å². The summed E-state index contributed by atoms with van der Waals surface area (Å²) in [5, 5.41) is 19.1. The average Bonchev–Trinajstić information content (AvgIpc) is 3.43. The predicted molar refractivity (Wildman–Crippen MR) is 152 cm³/mol. The van der Waals surface area contributed by atoms with Gasteiger partial charge in [-0.2, -0.15) is 5.21 Å². The molecular formula is C28H34BrN7O3. The number of fused-ring (bicyclic) bond motifs is 1. The molecule has 0 bridgehead atoms. The Bertz CT molecular complexity index is 1300. The van der Waals surface area contributed by atoms with Crippen LogP contribution in [0, 0.1) is 11.3 Å². The van der Waals surface area contributed by atoms with Gasteiger partial charge in [0.15, 0.2) is 0 Å². The Labute approximate surface area is 236 Å². The van der Waals surface area contributed by atoms with Gasteiger partial charge in [-0.25, -0.2) is 4.79 Å². The summed E-state index contributed by atoms with van der Waals surface area (Å²) in [6.45, 7) is 7.36. The minimum atomic E-state index is -0.365. The summed E-state index contributed by atoms with van der Waals surface area (Å²) in [5.74, 6) is 0.970. The number of carbonyl (C=O) groups excluding carboxylic acids is 2. The molecule has 3 N–H and O–H groups in total. The molecule has 3 aromatic rings. The summed E-state index contributed by atoms with van der Waals surface area (Å²) in [4.78, 5) is 28.7. The first-order valence-corrected chi connectivity index (χ1v) is 14.1. The molecule has 5 rings (SSSR count). The van der Waals surface area contributed by atoms with Crippen molar-refractivity contribution in [1.82, 2.24) is 25.5 Å². The average molecular weight is 597 g/mol. The van der Waals surface area contributed by atoms with E-state index >= 15 is 0 Å². The van der Waals surface area contributed by atoms with Crippen LogP contribution in [0.3, 0.4) is 0 Å². The van der Waals surface area contributed by atoms with Gasteiger partial charge >= 0.3 is 6.03 Å². The van der Waals surface area contributed by atoms with Crippen LogP contribution in [0.15, 0.2) is 46.9 Å². The topological polar surface area (TPSA) is 125 Å². The number of halogens is 1. The Kier molecular flexibility index (Phi) is 7.88. The Balaban J connectivity index is 1.41. The van der Waals surface area contributed by atoms with Crippen LogP contribution in [0.1, 0.15) is 74.8 Å². The van der Waals surface area contributed by atoms with E-state index in [0.29, 0.717) is 30.3 Å². The molecule has 2 heterocycles. The van der Waals surface area contributed by atoms with Crippen LogP contribution in [-0.4, -0.2) is 50.1 Å². The van der Waals surface area contributed by atoms with Crippen LogP contribution in [0.4, 0.5) is 16.4 Å². The summed E-state index contributed by atoms with van der Waals surface area (Å²) >= 11 is 3.46. The summed E-state index contributed by atoms with van der Waals surface area (Å²) in [6, 6.07) is 12.8. The SMILES string of the molecule is CC(C)(C)C1CCC(N(C(=O)Nc2ccc(Br)cc2)C2CCOc3cc(C(=O)Nc4nn[nH]n4)ccc32)CC1. The molecule has 11 heteroatoms. The Morgan fingerprint density at radius 1 is 1.03 bits per heavy atom. The molecule has 3 amide bonds. The van der Waals surface area contributed by atoms with Crippen LogP contribution >= 0.6 is 15.9 Å². The molecule has 1 aliphatic carbocycles. The number of ether oxygens (including phenoxy) is 1. The number of tetrazole rings is 1. The van der Waals surface area contributed by atoms with E-state index in [-0.39, 0.29) is 35.4 Å². The molecule has 0 saturated heterocycles. The van der Waals surface area contributed by atoms with Gasteiger partial charge in [0.25, 0.3) is 11.9 Å². The molecule has 0 spiro atoms. The van der Waals surface area contributed by atoms with Crippen LogP contribution in [0.25, 0.3) is 0 Å². The number of hydrogen-bond acceptors (Lipinski definition) is 6. The molecular weight excluding hydrogens is 562 g/mol. The number of H-pyrrole nitrogens is 1. The van der Waals surface area contributed by atoms with E-state index < -0.39 is 0 Å². The minimum absolute atomic E-state index is 0.0955. The van der Waals surface area contributed by atoms with E-state index in [4.69, 9.17) is 4.74 Å². The number of aromatic nitrogens is 4. The molecule has 1 aromatic heterocycles. The van der Waals surface area contributed by atoms with Crippen molar-refractivity contribution in [3.8, 4) is 5.75 Å².